The number of hydrogen-bond donors (Lipinski definition) is 1. The highest BCUT2D eigenvalue weighted by molar-refractivity contribution is 5.76. The van der Waals surface area contributed by atoms with Crippen molar-refractivity contribution in [2.75, 3.05) is 59.7 Å². The van der Waals surface area contributed by atoms with E-state index in [1.165, 1.54) is 0 Å². The zero-order valence-corrected chi connectivity index (χ0v) is 16.5. The Morgan fingerprint density at radius 1 is 1.26 bits per heavy atom. The molecule has 0 radical (unpaired) electrons. The Kier molecular flexibility index (Phi) is 7.10. The number of hydrogen-bond acceptors (Lipinski definition) is 5. The third kappa shape index (κ3) is 5.21. The van der Waals surface area contributed by atoms with Crippen molar-refractivity contribution in [2.45, 2.75) is 19.8 Å². The first-order chi connectivity index (χ1) is 13.1. The number of aliphatic hydroxyl groups is 1. The molecule has 2 heterocycles. The molecule has 2 saturated heterocycles. The molecule has 0 aromatic heterocycles. The summed E-state index contributed by atoms with van der Waals surface area (Å²) in [5.74, 6) is 1.57. The van der Waals surface area contributed by atoms with Crippen LogP contribution in [0.4, 0.5) is 0 Å². The molecule has 1 N–H and O–H groups in total. The summed E-state index contributed by atoms with van der Waals surface area (Å²) in [5.41, 5.74) is 2.22. The fraction of sp³-hybridized carbons (Fsp3) is 0.667. The number of methoxy groups -OCH3 is 1. The first kappa shape index (κ1) is 20.1. The van der Waals surface area contributed by atoms with Crippen molar-refractivity contribution in [1.29, 1.82) is 0 Å². The van der Waals surface area contributed by atoms with Gasteiger partial charge in [0.15, 0.2) is 0 Å². The van der Waals surface area contributed by atoms with E-state index in [9.17, 15) is 9.90 Å². The lowest BCUT2D eigenvalue weighted by molar-refractivity contribution is -0.130. The van der Waals surface area contributed by atoms with E-state index in [4.69, 9.17) is 9.47 Å². The van der Waals surface area contributed by atoms with Crippen molar-refractivity contribution in [2.24, 2.45) is 11.8 Å². The second-order valence-electron chi connectivity index (χ2n) is 7.72. The van der Waals surface area contributed by atoms with Crippen molar-refractivity contribution in [3.05, 3.63) is 29.3 Å². The van der Waals surface area contributed by atoms with Gasteiger partial charge in [-0.2, -0.15) is 0 Å². The molecule has 6 nitrogen and oxygen atoms in total. The molecule has 2 atom stereocenters. The van der Waals surface area contributed by atoms with Gasteiger partial charge in [-0.1, -0.05) is 12.1 Å². The van der Waals surface area contributed by atoms with E-state index in [0.29, 0.717) is 25.3 Å². The maximum atomic E-state index is 12.7. The molecule has 6 heteroatoms. The summed E-state index contributed by atoms with van der Waals surface area (Å²) in [6.07, 6.45) is 1.21. The summed E-state index contributed by atoms with van der Waals surface area (Å²) in [7, 11) is 1.67. The van der Waals surface area contributed by atoms with Gasteiger partial charge in [-0.3, -0.25) is 9.69 Å². The maximum Gasteiger partial charge on any atom is 0.222 e. The van der Waals surface area contributed by atoms with Crippen LogP contribution in [0.3, 0.4) is 0 Å². The summed E-state index contributed by atoms with van der Waals surface area (Å²) < 4.78 is 10.8. The average Bonchev–Trinajstić information content (AvgIpc) is 3.10. The highest BCUT2D eigenvalue weighted by Gasteiger charge is 2.35. The monoisotopic (exact) mass is 376 g/mol. The number of carbonyl (C=O) groups is 1. The Balaban J connectivity index is 1.52. The molecule has 2 aliphatic heterocycles. The number of carbonyl (C=O) groups excluding carboxylic acids is 1. The number of likely N-dealkylation sites (tertiary alicyclic amines) is 1. The zero-order chi connectivity index (χ0) is 19.2. The van der Waals surface area contributed by atoms with E-state index >= 15 is 0 Å². The third-order valence-electron chi connectivity index (χ3n) is 5.86. The molecular formula is C21H32N2O4. The lowest BCUT2D eigenvalue weighted by Crippen LogP contribution is -2.41. The summed E-state index contributed by atoms with van der Waals surface area (Å²) in [6.45, 7) is 7.96. The lowest BCUT2D eigenvalue weighted by atomic mass is 9.96. The zero-order valence-electron chi connectivity index (χ0n) is 16.5. The molecule has 0 saturated carbocycles. The van der Waals surface area contributed by atoms with Gasteiger partial charge in [0.25, 0.3) is 0 Å². The van der Waals surface area contributed by atoms with Gasteiger partial charge in [-0.25, -0.2) is 0 Å². The Morgan fingerprint density at radius 2 is 2.00 bits per heavy atom. The number of benzene rings is 1. The number of ether oxygens (including phenoxy) is 2. The second-order valence-corrected chi connectivity index (χ2v) is 7.72. The smallest absolute Gasteiger partial charge is 0.222 e. The van der Waals surface area contributed by atoms with Crippen LogP contribution >= 0.6 is 0 Å². The minimum Gasteiger partial charge on any atom is -0.496 e. The van der Waals surface area contributed by atoms with Crippen LogP contribution in [0, 0.1) is 18.8 Å². The van der Waals surface area contributed by atoms with E-state index < -0.39 is 0 Å². The molecule has 2 aliphatic rings. The Bertz CT molecular complexity index is 631. The van der Waals surface area contributed by atoms with Crippen molar-refractivity contribution < 1.29 is 19.4 Å². The molecular weight excluding hydrogens is 344 g/mol. The van der Waals surface area contributed by atoms with Gasteiger partial charge in [0.05, 0.1) is 20.3 Å². The van der Waals surface area contributed by atoms with Gasteiger partial charge >= 0.3 is 0 Å². The molecule has 150 valence electrons. The average molecular weight is 376 g/mol. The molecule has 0 spiro atoms. The van der Waals surface area contributed by atoms with Crippen LogP contribution in [0.2, 0.25) is 0 Å². The summed E-state index contributed by atoms with van der Waals surface area (Å²) >= 11 is 0. The van der Waals surface area contributed by atoms with Crippen LogP contribution in [0.25, 0.3) is 0 Å². The number of aliphatic hydroxyl groups excluding tert-OH is 1. The van der Waals surface area contributed by atoms with Crippen LogP contribution in [0.5, 0.6) is 5.75 Å². The molecule has 1 aromatic rings. The normalized spacial score (nSPS) is 23.6. The summed E-state index contributed by atoms with van der Waals surface area (Å²) in [5, 5.41) is 9.76. The number of amides is 1. The quantitative estimate of drug-likeness (QED) is 0.778. The van der Waals surface area contributed by atoms with Crippen molar-refractivity contribution in [1.82, 2.24) is 9.80 Å². The number of aryl methyl sites for hydroxylation is 2. The van der Waals surface area contributed by atoms with Crippen LogP contribution < -0.4 is 4.74 Å². The standard InChI is InChI=1S/C21H32N2O4/c1-16-3-4-17(11-20(16)26-2)5-6-21(25)23-13-18(19(14-23)15-24)12-22-7-9-27-10-8-22/h3-4,11,18-19,24H,5-10,12-15H2,1-2H3. The fourth-order valence-corrected chi connectivity index (χ4v) is 4.10. The molecule has 1 amide bonds. The highest BCUT2D eigenvalue weighted by Crippen LogP contribution is 2.26. The molecule has 27 heavy (non-hydrogen) atoms. The second kappa shape index (κ2) is 9.53. The van der Waals surface area contributed by atoms with Crippen molar-refractivity contribution >= 4 is 5.91 Å². The third-order valence-corrected chi connectivity index (χ3v) is 5.86. The Morgan fingerprint density at radius 3 is 2.70 bits per heavy atom. The highest BCUT2D eigenvalue weighted by atomic mass is 16.5. The predicted molar refractivity (Wildman–Crippen MR) is 104 cm³/mol. The van der Waals surface area contributed by atoms with E-state index in [1.807, 2.05) is 24.0 Å². The largest absolute Gasteiger partial charge is 0.496 e. The van der Waals surface area contributed by atoms with E-state index in [0.717, 1.165) is 56.3 Å². The van der Waals surface area contributed by atoms with Gasteiger partial charge in [0.1, 0.15) is 5.75 Å². The van der Waals surface area contributed by atoms with E-state index in [-0.39, 0.29) is 18.4 Å². The molecule has 2 unspecified atom stereocenters. The minimum atomic E-state index is 0.147. The fourth-order valence-electron chi connectivity index (χ4n) is 4.10. The number of morpholine rings is 1. The number of rotatable bonds is 7. The van der Waals surface area contributed by atoms with Gasteiger partial charge in [-0.15, -0.1) is 0 Å². The molecule has 3 rings (SSSR count). The van der Waals surface area contributed by atoms with Gasteiger partial charge < -0.3 is 19.5 Å². The molecule has 1 aromatic carbocycles. The number of nitrogens with zero attached hydrogens (tertiary/aromatic N) is 2. The van der Waals surface area contributed by atoms with Crippen molar-refractivity contribution in [3.8, 4) is 5.75 Å². The Hall–Kier alpha value is -1.63. The molecule has 2 fully saturated rings. The molecule has 0 aliphatic carbocycles. The Labute approximate surface area is 162 Å². The van der Waals surface area contributed by atoms with Gasteiger partial charge in [0.2, 0.25) is 5.91 Å². The topological polar surface area (TPSA) is 62.2 Å². The van der Waals surface area contributed by atoms with Crippen LogP contribution in [-0.2, 0) is 16.0 Å². The molecule has 0 bridgehead atoms. The van der Waals surface area contributed by atoms with E-state index in [1.54, 1.807) is 7.11 Å². The van der Waals surface area contributed by atoms with Crippen LogP contribution in [0.15, 0.2) is 18.2 Å². The maximum absolute atomic E-state index is 12.7. The van der Waals surface area contributed by atoms with E-state index in [2.05, 4.69) is 11.0 Å². The van der Waals surface area contributed by atoms with Crippen molar-refractivity contribution in [3.63, 3.8) is 0 Å². The summed E-state index contributed by atoms with van der Waals surface area (Å²) in [4.78, 5) is 17.1. The SMILES string of the molecule is COc1cc(CCC(=O)N2CC(CO)C(CN3CCOCC3)C2)ccc1C. The van der Waals surface area contributed by atoms with Crippen LogP contribution in [0.1, 0.15) is 17.5 Å². The van der Waals surface area contributed by atoms with Crippen LogP contribution in [-0.4, -0.2) is 80.5 Å². The summed E-state index contributed by atoms with van der Waals surface area (Å²) in [6, 6.07) is 6.12. The van der Waals surface area contributed by atoms with Gasteiger partial charge in [0, 0.05) is 51.7 Å². The van der Waals surface area contributed by atoms with Gasteiger partial charge in [-0.05, 0) is 36.5 Å². The predicted octanol–water partition coefficient (Wildman–Crippen LogP) is 1.34. The first-order valence-corrected chi connectivity index (χ1v) is 9.93. The minimum absolute atomic E-state index is 0.147. The first-order valence-electron chi connectivity index (χ1n) is 9.93. The lowest BCUT2D eigenvalue weighted by Gasteiger charge is -2.30.